The van der Waals surface area contributed by atoms with Gasteiger partial charge in [0.2, 0.25) is 10.0 Å². The second kappa shape index (κ2) is 6.87. The van der Waals surface area contributed by atoms with Crippen LogP contribution in [0.15, 0.2) is 30.3 Å². The quantitative estimate of drug-likeness (QED) is 0.789. The number of benzene rings is 1. The Bertz CT molecular complexity index is 441. The molecular formula is C13H21NO3S. The molecule has 4 nitrogen and oxygen atoms in total. The van der Waals surface area contributed by atoms with Crippen molar-refractivity contribution in [1.29, 1.82) is 0 Å². The highest BCUT2D eigenvalue weighted by Crippen LogP contribution is 2.16. The SMILES string of the molecule is CC[C@H](CO)NS(=O)(=O)CC(C)c1ccccc1. The smallest absolute Gasteiger partial charge is 0.212 e. The molecule has 0 aromatic heterocycles. The van der Waals surface area contributed by atoms with Gasteiger partial charge in [0.15, 0.2) is 0 Å². The van der Waals surface area contributed by atoms with Crippen LogP contribution in [0, 0.1) is 0 Å². The minimum absolute atomic E-state index is 0.0352. The molecule has 1 unspecified atom stereocenters. The fourth-order valence-corrected chi connectivity index (χ4v) is 3.45. The summed E-state index contributed by atoms with van der Waals surface area (Å²) in [4.78, 5) is 0. The summed E-state index contributed by atoms with van der Waals surface area (Å²) in [5.74, 6) is -0.0343. The zero-order chi connectivity index (χ0) is 13.6. The molecule has 18 heavy (non-hydrogen) atoms. The number of aliphatic hydroxyl groups is 1. The summed E-state index contributed by atoms with van der Waals surface area (Å²) >= 11 is 0. The van der Waals surface area contributed by atoms with Crippen LogP contribution in [0.4, 0.5) is 0 Å². The molecule has 1 aromatic carbocycles. The number of nitrogens with one attached hydrogen (secondary N) is 1. The Hall–Kier alpha value is -0.910. The molecule has 0 fully saturated rings. The van der Waals surface area contributed by atoms with Crippen LogP contribution in [-0.2, 0) is 10.0 Å². The summed E-state index contributed by atoms with van der Waals surface area (Å²) in [5, 5.41) is 9.01. The van der Waals surface area contributed by atoms with Gasteiger partial charge in [-0.25, -0.2) is 13.1 Å². The molecule has 0 saturated carbocycles. The first-order chi connectivity index (χ1) is 8.48. The van der Waals surface area contributed by atoms with Gasteiger partial charge in [-0.1, -0.05) is 44.2 Å². The van der Waals surface area contributed by atoms with Crippen LogP contribution in [0.5, 0.6) is 0 Å². The zero-order valence-corrected chi connectivity index (χ0v) is 11.7. The van der Waals surface area contributed by atoms with Gasteiger partial charge in [0, 0.05) is 6.04 Å². The molecule has 0 spiro atoms. The lowest BCUT2D eigenvalue weighted by atomic mass is 10.0. The first-order valence-electron chi connectivity index (χ1n) is 6.14. The second-order valence-corrected chi connectivity index (χ2v) is 6.30. The van der Waals surface area contributed by atoms with Crippen LogP contribution < -0.4 is 4.72 Å². The van der Waals surface area contributed by atoms with Crippen molar-refractivity contribution in [2.45, 2.75) is 32.2 Å². The van der Waals surface area contributed by atoms with Crippen LogP contribution in [0.2, 0.25) is 0 Å². The minimum atomic E-state index is -3.36. The van der Waals surface area contributed by atoms with Gasteiger partial charge in [-0.3, -0.25) is 0 Å². The molecule has 0 heterocycles. The van der Waals surface area contributed by atoms with E-state index in [2.05, 4.69) is 4.72 Å². The highest BCUT2D eigenvalue weighted by Gasteiger charge is 2.19. The van der Waals surface area contributed by atoms with E-state index in [1.54, 1.807) is 0 Å². The molecule has 0 saturated heterocycles. The molecule has 0 bridgehead atoms. The lowest BCUT2D eigenvalue weighted by Gasteiger charge is -2.17. The van der Waals surface area contributed by atoms with Gasteiger partial charge in [0.05, 0.1) is 12.4 Å². The summed E-state index contributed by atoms with van der Waals surface area (Å²) in [6.45, 7) is 3.55. The first kappa shape index (κ1) is 15.1. The van der Waals surface area contributed by atoms with Crippen molar-refractivity contribution in [3.05, 3.63) is 35.9 Å². The maximum atomic E-state index is 11.9. The molecule has 2 atom stereocenters. The maximum absolute atomic E-state index is 11.9. The van der Waals surface area contributed by atoms with Crippen molar-refractivity contribution in [2.75, 3.05) is 12.4 Å². The third-order valence-corrected chi connectivity index (χ3v) is 4.53. The third kappa shape index (κ3) is 4.76. The van der Waals surface area contributed by atoms with E-state index >= 15 is 0 Å². The minimum Gasteiger partial charge on any atom is -0.395 e. The Kier molecular flexibility index (Phi) is 5.78. The molecule has 2 N–H and O–H groups in total. The molecule has 102 valence electrons. The largest absolute Gasteiger partial charge is 0.395 e. The normalized spacial score (nSPS) is 15.3. The Labute approximate surface area is 109 Å². The van der Waals surface area contributed by atoms with E-state index < -0.39 is 16.1 Å². The molecule has 0 aliphatic rings. The summed E-state index contributed by atoms with van der Waals surface area (Å²) in [6.07, 6.45) is 0.579. The van der Waals surface area contributed by atoms with Crippen molar-refractivity contribution >= 4 is 10.0 Å². The van der Waals surface area contributed by atoms with Crippen LogP contribution in [0.3, 0.4) is 0 Å². The Morgan fingerprint density at radius 2 is 1.89 bits per heavy atom. The van der Waals surface area contributed by atoms with Crippen molar-refractivity contribution < 1.29 is 13.5 Å². The van der Waals surface area contributed by atoms with Crippen LogP contribution in [0.1, 0.15) is 31.7 Å². The standard InChI is InChI=1S/C13H21NO3S/c1-3-13(9-15)14-18(16,17)10-11(2)12-7-5-4-6-8-12/h4-8,11,13-15H,3,9-10H2,1-2H3/t11?,13-/m1/s1. The van der Waals surface area contributed by atoms with Crippen LogP contribution in [-0.4, -0.2) is 31.9 Å². The molecule has 0 amide bonds. The van der Waals surface area contributed by atoms with Crippen molar-refractivity contribution in [2.24, 2.45) is 0 Å². The topological polar surface area (TPSA) is 66.4 Å². The highest BCUT2D eigenvalue weighted by atomic mass is 32.2. The van der Waals surface area contributed by atoms with Crippen molar-refractivity contribution in [1.82, 2.24) is 4.72 Å². The summed E-state index contributed by atoms with van der Waals surface area (Å²) < 4.78 is 26.4. The average Bonchev–Trinajstić information content (AvgIpc) is 2.36. The predicted molar refractivity (Wildman–Crippen MR) is 72.9 cm³/mol. The number of rotatable bonds is 7. The summed E-state index contributed by atoms with van der Waals surface area (Å²) in [6, 6.07) is 9.15. The molecule has 1 aromatic rings. The zero-order valence-electron chi connectivity index (χ0n) is 10.8. The Balaban J connectivity index is 2.66. The van der Waals surface area contributed by atoms with Gasteiger partial charge in [-0.2, -0.15) is 0 Å². The van der Waals surface area contributed by atoms with Crippen LogP contribution in [0.25, 0.3) is 0 Å². The van der Waals surface area contributed by atoms with Crippen molar-refractivity contribution in [3.8, 4) is 0 Å². The van der Waals surface area contributed by atoms with E-state index in [0.29, 0.717) is 6.42 Å². The highest BCUT2D eigenvalue weighted by molar-refractivity contribution is 7.89. The number of hydrogen-bond acceptors (Lipinski definition) is 3. The van der Waals surface area contributed by atoms with E-state index in [1.165, 1.54) is 0 Å². The van der Waals surface area contributed by atoms with Crippen molar-refractivity contribution in [3.63, 3.8) is 0 Å². The monoisotopic (exact) mass is 271 g/mol. The van der Waals surface area contributed by atoms with Crippen LogP contribution >= 0.6 is 0 Å². The van der Waals surface area contributed by atoms with Gasteiger partial charge in [-0.05, 0) is 17.9 Å². The van der Waals surface area contributed by atoms with E-state index in [9.17, 15) is 8.42 Å². The van der Waals surface area contributed by atoms with Gasteiger partial charge in [-0.15, -0.1) is 0 Å². The first-order valence-corrected chi connectivity index (χ1v) is 7.79. The van der Waals surface area contributed by atoms with Gasteiger partial charge >= 0.3 is 0 Å². The molecule has 0 aliphatic heterocycles. The summed E-state index contributed by atoms with van der Waals surface area (Å²) in [7, 11) is -3.36. The second-order valence-electron chi connectivity index (χ2n) is 4.50. The number of aliphatic hydroxyl groups excluding tert-OH is 1. The fraction of sp³-hybridized carbons (Fsp3) is 0.538. The third-order valence-electron chi connectivity index (χ3n) is 2.90. The molecular weight excluding hydrogens is 250 g/mol. The van der Waals surface area contributed by atoms with Gasteiger partial charge in [0.25, 0.3) is 0 Å². The lowest BCUT2D eigenvalue weighted by molar-refractivity contribution is 0.253. The van der Waals surface area contributed by atoms with E-state index in [-0.39, 0.29) is 18.3 Å². The van der Waals surface area contributed by atoms with Gasteiger partial charge < -0.3 is 5.11 Å². The number of sulfonamides is 1. The Morgan fingerprint density at radius 1 is 1.28 bits per heavy atom. The van der Waals surface area contributed by atoms with Gasteiger partial charge in [0.1, 0.15) is 0 Å². The molecule has 1 rings (SSSR count). The molecule has 0 radical (unpaired) electrons. The fourth-order valence-electron chi connectivity index (χ4n) is 1.76. The molecule has 5 heteroatoms. The maximum Gasteiger partial charge on any atom is 0.212 e. The Morgan fingerprint density at radius 3 is 2.39 bits per heavy atom. The predicted octanol–water partition coefficient (Wildman–Crippen LogP) is 1.48. The average molecular weight is 271 g/mol. The summed E-state index contributed by atoms with van der Waals surface area (Å²) in [5.41, 5.74) is 1.000. The lowest BCUT2D eigenvalue weighted by Crippen LogP contribution is -2.39. The molecule has 0 aliphatic carbocycles. The van der Waals surface area contributed by atoms with E-state index in [0.717, 1.165) is 5.56 Å². The van der Waals surface area contributed by atoms with E-state index in [1.807, 2.05) is 44.2 Å². The van der Waals surface area contributed by atoms with E-state index in [4.69, 9.17) is 5.11 Å². The number of hydrogen-bond donors (Lipinski definition) is 2.